The summed E-state index contributed by atoms with van der Waals surface area (Å²) < 4.78 is 38.3. The highest BCUT2D eigenvalue weighted by atomic mass is 32.2. The number of sulfone groups is 1. The minimum atomic E-state index is -3.45. The van der Waals surface area contributed by atoms with Crippen LogP contribution in [0.3, 0.4) is 0 Å². The third-order valence-electron chi connectivity index (χ3n) is 3.54. The Morgan fingerprint density at radius 3 is 2.35 bits per heavy atom. The molecule has 26 heavy (non-hydrogen) atoms. The van der Waals surface area contributed by atoms with Crippen LogP contribution >= 0.6 is 0 Å². The van der Waals surface area contributed by atoms with Crippen LogP contribution in [-0.4, -0.2) is 47.3 Å². The molecule has 2 aromatic rings. The maximum absolute atomic E-state index is 12.3. The zero-order valence-corrected chi connectivity index (χ0v) is 15.3. The van der Waals surface area contributed by atoms with E-state index < -0.39 is 28.2 Å². The molecule has 2 aromatic carbocycles. The third-order valence-corrected chi connectivity index (χ3v) is 4.65. The van der Waals surface area contributed by atoms with E-state index in [2.05, 4.69) is 0 Å². The summed E-state index contributed by atoms with van der Waals surface area (Å²) in [5.74, 6) is -0.439. The fourth-order valence-electron chi connectivity index (χ4n) is 2.17. The molecule has 7 nitrogen and oxygen atoms in total. The first kappa shape index (κ1) is 19.5. The van der Waals surface area contributed by atoms with Gasteiger partial charge in [-0.3, -0.25) is 4.79 Å². The Hall–Kier alpha value is -2.87. The number of ketones is 1. The molecule has 0 bridgehead atoms. The van der Waals surface area contributed by atoms with Crippen molar-refractivity contribution in [3.8, 4) is 11.5 Å². The van der Waals surface area contributed by atoms with Crippen molar-refractivity contribution in [2.75, 3.05) is 27.1 Å². The third kappa shape index (κ3) is 4.60. The van der Waals surface area contributed by atoms with Crippen LogP contribution in [0.15, 0.2) is 47.4 Å². The van der Waals surface area contributed by atoms with Gasteiger partial charge in [0.25, 0.3) is 0 Å². The van der Waals surface area contributed by atoms with Gasteiger partial charge in [0, 0.05) is 12.3 Å². The molecule has 0 amide bonds. The summed E-state index contributed by atoms with van der Waals surface area (Å²) in [6.07, 6.45) is 1.04. The first-order valence-corrected chi connectivity index (χ1v) is 9.38. The van der Waals surface area contributed by atoms with Crippen LogP contribution in [0.5, 0.6) is 11.5 Å². The summed E-state index contributed by atoms with van der Waals surface area (Å²) in [4.78, 5) is 24.4. The van der Waals surface area contributed by atoms with Crippen LogP contribution in [0.2, 0.25) is 0 Å². The second kappa shape index (κ2) is 8.01. The molecule has 0 saturated carbocycles. The van der Waals surface area contributed by atoms with Gasteiger partial charge in [-0.05, 0) is 30.3 Å². The summed E-state index contributed by atoms with van der Waals surface area (Å²) in [6, 6.07) is 10.1. The fourth-order valence-corrected chi connectivity index (χ4v) is 2.84. The molecule has 0 heterocycles. The molecular weight excluding hydrogens is 360 g/mol. The summed E-state index contributed by atoms with van der Waals surface area (Å²) >= 11 is 0. The number of carbonyl (C=O) groups excluding carboxylic acids is 2. The van der Waals surface area contributed by atoms with Gasteiger partial charge in [-0.2, -0.15) is 0 Å². The predicted molar refractivity (Wildman–Crippen MR) is 93.7 cm³/mol. The first-order valence-electron chi connectivity index (χ1n) is 7.48. The second-order valence-electron chi connectivity index (χ2n) is 5.37. The number of carbonyl (C=O) groups is 2. The van der Waals surface area contributed by atoms with Crippen LogP contribution in [0.4, 0.5) is 0 Å². The van der Waals surface area contributed by atoms with Gasteiger partial charge in [0.1, 0.15) is 11.5 Å². The second-order valence-corrected chi connectivity index (χ2v) is 7.38. The molecule has 0 aliphatic rings. The van der Waals surface area contributed by atoms with Crippen molar-refractivity contribution < 1.29 is 32.2 Å². The highest BCUT2D eigenvalue weighted by Crippen LogP contribution is 2.25. The van der Waals surface area contributed by atoms with E-state index in [1.54, 1.807) is 12.1 Å². The molecule has 8 heteroatoms. The van der Waals surface area contributed by atoms with Crippen molar-refractivity contribution in [2.45, 2.75) is 4.90 Å². The van der Waals surface area contributed by atoms with E-state index in [-0.39, 0.29) is 16.0 Å². The number of hydrogen-bond donors (Lipinski definition) is 0. The SMILES string of the molecule is COc1ccc(C(=O)COC(=O)c2cccc(S(C)(=O)=O)c2)c(OC)c1. The van der Waals surface area contributed by atoms with Crippen LogP contribution in [-0.2, 0) is 14.6 Å². The van der Waals surface area contributed by atoms with E-state index in [1.165, 1.54) is 44.6 Å². The maximum Gasteiger partial charge on any atom is 0.338 e. The van der Waals surface area contributed by atoms with Gasteiger partial charge in [0.05, 0.1) is 30.2 Å². The molecular formula is C18H18O7S. The standard InChI is InChI=1S/C18H18O7S/c1-23-13-7-8-15(17(10-13)24-2)16(19)11-25-18(20)12-5-4-6-14(9-12)26(3,21)22/h4-10H,11H2,1-3H3. The van der Waals surface area contributed by atoms with E-state index in [0.29, 0.717) is 11.5 Å². The Morgan fingerprint density at radius 2 is 1.73 bits per heavy atom. The largest absolute Gasteiger partial charge is 0.497 e. The minimum absolute atomic E-state index is 0.00454. The molecule has 0 aliphatic carbocycles. The van der Waals surface area contributed by atoms with Crippen molar-refractivity contribution in [3.63, 3.8) is 0 Å². The summed E-state index contributed by atoms with van der Waals surface area (Å²) in [7, 11) is -0.552. The van der Waals surface area contributed by atoms with Crippen LogP contribution in [0, 0.1) is 0 Å². The topological polar surface area (TPSA) is 96.0 Å². The molecule has 0 aromatic heterocycles. The average molecular weight is 378 g/mol. The Morgan fingerprint density at radius 1 is 1.00 bits per heavy atom. The molecule has 0 spiro atoms. The Labute approximate surface area is 151 Å². The fraction of sp³-hybridized carbons (Fsp3) is 0.222. The number of ether oxygens (including phenoxy) is 3. The maximum atomic E-state index is 12.3. The molecule has 0 fully saturated rings. The highest BCUT2D eigenvalue weighted by molar-refractivity contribution is 7.90. The highest BCUT2D eigenvalue weighted by Gasteiger charge is 2.17. The molecule has 138 valence electrons. The van der Waals surface area contributed by atoms with Gasteiger partial charge in [0.2, 0.25) is 5.78 Å². The number of rotatable bonds is 7. The normalized spacial score (nSPS) is 10.9. The van der Waals surface area contributed by atoms with E-state index >= 15 is 0 Å². The van der Waals surface area contributed by atoms with E-state index in [0.717, 1.165) is 6.26 Å². The molecule has 0 unspecified atom stereocenters. The van der Waals surface area contributed by atoms with Gasteiger partial charge in [-0.1, -0.05) is 6.07 Å². The lowest BCUT2D eigenvalue weighted by Gasteiger charge is -2.10. The first-order chi connectivity index (χ1) is 12.3. The number of hydrogen-bond acceptors (Lipinski definition) is 7. The van der Waals surface area contributed by atoms with E-state index in [4.69, 9.17) is 14.2 Å². The lowest BCUT2D eigenvalue weighted by molar-refractivity contribution is 0.0473. The van der Waals surface area contributed by atoms with Gasteiger partial charge >= 0.3 is 5.97 Å². The van der Waals surface area contributed by atoms with Crippen molar-refractivity contribution in [3.05, 3.63) is 53.6 Å². The van der Waals surface area contributed by atoms with Gasteiger partial charge in [-0.25, -0.2) is 13.2 Å². The number of benzene rings is 2. The summed E-state index contributed by atoms with van der Waals surface area (Å²) in [5.41, 5.74) is 0.286. The summed E-state index contributed by atoms with van der Waals surface area (Å²) in [5, 5.41) is 0. The molecule has 0 aliphatic heterocycles. The van der Waals surface area contributed by atoms with E-state index in [9.17, 15) is 18.0 Å². The van der Waals surface area contributed by atoms with E-state index in [1.807, 2.05) is 0 Å². The molecule has 0 atom stereocenters. The average Bonchev–Trinajstić information content (AvgIpc) is 2.64. The van der Waals surface area contributed by atoms with Crippen LogP contribution < -0.4 is 9.47 Å². The van der Waals surface area contributed by atoms with Gasteiger partial charge < -0.3 is 14.2 Å². The number of methoxy groups -OCH3 is 2. The van der Waals surface area contributed by atoms with Crippen molar-refractivity contribution in [1.82, 2.24) is 0 Å². The van der Waals surface area contributed by atoms with Gasteiger partial charge in [0.15, 0.2) is 16.4 Å². The lowest BCUT2D eigenvalue weighted by Crippen LogP contribution is -2.15. The van der Waals surface area contributed by atoms with Crippen molar-refractivity contribution in [2.24, 2.45) is 0 Å². The lowest BCUT2D eigenvalue weighted by atomic mass is 10.1. The monoisotopic (exact) mass is 378 g/mol. The van der Waals surface area contributed by atoms with Crippen LogP contribution in [0.1, 0.15) is 20.7 Å². The smallest absolute Gasteiger partial charge is 0.338 e. The quantitative estimate of drug-likeness (QED) is 0.538. The molecule has 0 radical (unpaired) electrons. The Bertz CT molecular complexity index is 932. The summed E-state index contributed by atoms with van der Waals surface area (Å²) in [6.45, 7) is -0.509. The Kier molecular flexibility index (Phi) is 5.99. The van der Waals surface area contributed by atoms with Gasteiger partial charge in [-0.15, -0.1) is 0 Å². The minimum Gasteiger partial charge on any atom is -0.497 e. The zero-order chi connectivity index (χ0) is 19.3. The molecule has 0 N–H and O–H groups in total. The zero-order valence-electron chi connectivity index (χ0n) is 14.5. The Balaban J connectivity index is 2.11. The van der Waals surface area contributed by atoms with Crippen molar-refractivity contribution >= 4 is 21.6 Å². The molecule has 2 rings (SSSR count). The predicted octanol–water partition coefficient (Wildman–Crippen LogP) is 2.15. The number of Topliss-reactive ketones (excluding diaryl/α,β-unsaturated/α-hetero) is 1. The molecule has 0 saturated heterocycles. The number of esters is 1. The van der Waals surface area contributed by atoms with Crippen LogP contribution in [0.25, 0.3) is 0 Å². The van der Waals surface area contributed by atoms with Crippen molar-refractivity contribution in [1.29, 1.82) is 0 Å².